The molecule has 0 radical (unpaired) electrons. The molecular weight excluding hydrogens is 328 g/mol. The zero-order chi connectivity index (χ0) is 14.0. The van der Waals surface area contributed by atoms with E-state index in [4.69, 9.17) is 17.3 Å². The molecule has 0 unspecified atom stereocenters. The van der Waals surface area contributed by atoms with Crippen LogP contribution >= 0.6 is 27.5 Å². The Hall–Kier alpha value is -1.52. The number of amides is 1. The van der Waals surface area contributed by atoms with Crippen LogP contribution in [0.3, 0.4) is 0 Å². The van der Waals surface area contributed by atoms with Crippen molar-refractivity contribution in [3.8, 4) is 0 Å². The largest absolute Gasteiger partial charge is 0.398 e. The molecule has 2 aromatic rings. The third-order valence-corrected chi connectivity index (χ3v) is 3.63. The summed E-state index contributed by atoms with van der Waals surface area (Å²) in [6.07, 6.45) is 0. The first-order chi connectivity index (χ1) is 8.97. The van der Waals surface area contributed by atoms with Gasteiger partial charge in [-0.3, -0.25) is 4.79 Å². The average Bonchev–Trinajstić information content (AvgIpc) is 2.37. The monoisotopic (exact) mass is 338 g/mol. The maximum Gasteiger partial charge on any atom is 0.255 e. The van der Waals surface area contributed by atoms with Crippen molar-refractivity contribution >= 4 is 44.8 Å². The number of nitrogen functional groups attached to an aromatic ring is 1. The van der Waals surface area contributed by atoms with Crippen molar-refractivity contribution in [2.75, 3.05) is 11.1 Å². The molecule has 0 saturated heterocycles. The summed E-state index contributed by atoms with van der Waals surface area (Å²) in [5, 5.41) is 3.41. The highest BCUT2D eigenvalue weighted by Crippen LogP contribution is 2.23. The topological polar surface area (TPSA) is 55.1 Å². The van der Waals surface area contributed by atoms with E-state index < -0.39 is 0 Å². The minimum absolute atomic E-state index is 0.203. The molecule has 0 bridgehead atoms. The molecule has 0 aliphatic rings. The van der Waals surface area contributed by atoms with Gasteiger partial charge in [0.2, 0.25) is 0 Å². The Morgan fingerprint density at radius 2 is 2.00 bits per heavy atom. The fraction of sp³-hybridized carbons (Fsp3) is 0.0714. The van der Waals surface area contributed by atoms with Gasteiger partial charge in [0.15, 0.2) is 0 Å². The Kier molecular flexibility index (Phi) is 4.12. The predicted molar refractivity (Wildman–Crippen MR) is 82.7 cm³/mol. The van der Waals surface area contributed by atoms with E-state index in [0.29, 0.717) is 26.4 Å². The van der Waals surface area contributed by atoms with E-state index >= 15 is 0 Å². The first-order valence-corrected chi connectivity index (χ1v) is 6.77. The van der Waals surface area contributed by atoms with Gasteiger partial charge in [0.05, 0.1) is 0 Å². The summed E-state index contributed by atoms with van der Waals surface area (Å²) in [4.78, 5) is 12.1. The summed E-state index contributed by atoms with van der Waals surface area (Å²) in [6, 6.07) is 10.4. The molecule has 2 rings (SSSR count). The number of carbonyl (C=O) groups excluding carboxylic acids is 1. The van der Waals surface area contributed by atoms with Gasteiger partial charge in [-0.25, -0.2) is 0 Å². The van der Waals surface area contributed by atoms with Gasteiger partial charge in [-0.05, 0) is 58.7 Å². The SMILES string of the molecule is Cc1ccc(Cl)cc1NC(=O)c1ccc(N)c(Br)c1. The van der Waals surface area contributed by atoms with Gasteiger partial charge in [0.1, 0.15) is 0 Å². The lowest BCUT2D eigenvalue weighted by atomic mass is 10.1. The van der Waals surface area contributed by atoms with Gasteiger partial charge in [0.25, 0.3) is 5.91 Å². The summed E-state index contributed by atoms with van der Waals surface area (Å²) in [5.41, 5.74) is 8.46. The quantitative estimate of drug-likeness (QED) is 0.804. The third-order valence-electron chi connectivity index (χ3n) is 2.71. The van der Waals surface area contributed by atoms with Crippen LogP contribution in [0.25, 0.3) is 0 Å². The molecule has 0 aliphatic heterocycles. The Labute approximate surface area is 124 Å². The van der Waals surface area contributed by atoms with Crippen molar-refractivity contribution < 1.29 is 4.79 Å². The molecule has 1 amide bonds. The number of nitrogens with one attached hydrogen (secondary N) is 1. The zero-order valence-electron chi connectivity index (χ0n) is 10.2. The minimum Gasteiger partial charge on any atom is -0.398 e. The molecule has 0 atom stereocenters. The molecule has 0 saturated carbocycles. The highest BCUT2D eigenvalue weighted by Gasteiger charge is 2.09. The number of carbonyl (C=O) groups is 1. The van der Waals surface area contributed by atoms with Gasteiger partial charge < -0.3 is 11.1 Å². The van der Waals surface area contributed by atoms with Crippen molar-refractivity contribution in [1.29, 1.82) is 0 Å². The number of anilines is 2. The van der Waals surface area contributed by atoms with Crippen LogP contribution in [0, 0.1) is 6.92 Å². The van der Waals surface area contributed by atoms with Crippen molar-refractivity contribution in [3.05, 3.63) is 57.0 Å². The number of aryl methyl sites for hydroxylation is 1. The van der Waals surface area contributed by atoms with Crippen molar-refractivity contribution in [2.24, 2.45) is 0 Å². The lowest BCUT2D eigenvalue weighted by Gasteiger charge is -2.09. The smallest absolute Gasteiger partial charge is 0.255 e. The molecular formula is C14H12BrClN2O. The van der Waals surface area contributed by atoms with E-state index in [1.807, 2.05) is 13.0 Å². The number of hydrogen-bond acceptors (Lipinski definition) is 2. The molecule has 3 nitrogen and oxygen atoms in total. The third kappa shape index (κ3) is 3.28. The maximum atomic E-state index is 12.1. The van der Waals surface area contributed by atoms with Gasteiger partial charge in [-0.1, -0.05) is 17.7 Å². The van der Waals surface area contributed by atoms with Gasteiger partial charge in [0, 0.05) is 26.4 Å². The van der Waals surface area contributed by atoms with Crippen LogP contribution in [-0.2, 0) is 0 Å². The van der Waals surface area contributed by atoms with Crippen molar-refractivity contribution in [3.63, 3.8) is 0 Å². The van der Waals surface area contributed by atoms with E-state index in [2.05, 4.69) is 21.2 Å². The standard InChI is InChI=1S/C14H12BrClN2O/c1-8-2-4-10(16)7-13(8)18-14(19)9-3-5-12(17)11(15)6-9/h2-7H,17H2,1H3,(H,18,19). The normalized spacial score (nSPS) is 10.3. The van der Waals surface area contributed by atoms with E-state index in [-0.39, 0.29) is 5.91 Å². The zero-order valence-corrected chi connectivity index (χ0v) is 12.5. The number of halogens is 2. The van der Waals surface area contributed by atoms with Crippen LogP contribution in [0.2, 0.25) is 5.02 Å². The highest BCUT2D eigenvalue weighted by molar-refractivity contribution is 9.10. The first kappa shape index (κ1) is 13.9. The van der Waals surface area contributed by atoms with E-state index in [1.165, 1.54) is 0 Å². The van der Waals surface area contributed by atoms with Gasteiger partial charge in [-0.2, -0.15) is 0 Å². The molecule has 2 aromatic carbocycles. The second-order valence-corrected chi connectivity index (χ2v) is 5.44. The molecule has 0 aromatic heterocycles. The second-order valence-electron chi connectivity index (χ2n) is 4.15. The molecule has 0 aliphatic carbocycles. The van der Waals surface area contributed by atoms with E-state index in [0.717, 1.165) is 5.56 Å². The summed E-state index contributed by atoms with van der Waals surface area (Å²) >= 11 is 9.22. The fourth-order valence-corrected chi connectivity index (χ4v) is 2.14. The Morgan fingerprint density at radius 3 is 2.68 bits per heavy atom. The average molecular weight is 340 g/mol. The molecule has 0 heterocycles. The van der Waals surface area contributed by atoms with Crippen LogP contribution in [0.1, 0.15) is 15.9 Å². The summed E-state index contributed by atoms with van der Waals surface area (Å²) in [5.74, 6) is -0.203. The molecule has 98 valence electrons. The fourth-order valence-electron chi connectivity index (χ4n) is 1.59. The molecule has 0 spiro atoms. The summed E-state index contributed by atoms with van der Waals surface area (Å²) < 4.78 is 0.697. The maximum absolute atomic E-state index is 12.1. The van der Waals surface area contributed by atoms with Crippen molar-refractivity contribution in [2.45, 2.75) is 6.92 Å². The second kappa shape index (κ2) is 5.63. The lowest BCUT2D eigenvalue weighted by Crippen LogP contribution is -2.13. The number of benzene rings is 2. The van der Waals surface area contributed by atoms with Crippen LogP contribution in [0.5, 0.6) is 0 Å². The summed E-state index contributed by atoms with van der Waals surface area (Å²) in [6.45, 7) is 1.91. The van der Waals surface area contributed by atoms with Gasteiger partial charge >= 0.3 is 0 Å². The number of rotatable bonds is 2. The van der Waals surface area contributed by atoms with Crippen LogP contribution < -0.4 is 11.1 Å². The van der Waals surface area contributed by atoms with Crippen LogP contribution in [0.15, 0.2) is 40.9 Å². The number of nitrogens with two attached hydrogens (primary N) is 1. The van der Waals surface area contributed by atoms with Crippen LogP contribution in [0.4, 0.5) is 11.4 Å². The molecule has 19 heavy (non-hydrogen) atoms. The first-order valence-electron chi connectivity index (χ1n) is 5.60. The number of hydrogen-bond donors (Lipinski definition) is 2. The van der Waals surface area contributed by atoms with E-state index in [1.54, 1.807) is 30.3 Å². The molecule has 3 N–H and O–H groups in total. The van der Waals surface area contributed by atoms with Crippen molar-refractivity contribution in [1.82, 2.24) is 0 Å². The predicted octanol–water partition coefficient (Wildman–Crippen LogP) is 4.25. The van der Waals surface area contributed by atoms with Crippen LogP contribution in [-0.4, -0.2) is 5.91 Å². The van der Waals surface area contributed by atoms with Gasteiger partial charge in [-0.15, -0.1) is 0 Å². The lowest BCUT2D eigenvalue weighted by molar-refractivity contribution is 0.102. The molecule has 0 fully saturated rings. The Morgan fingerprint density at radius 1 is 1.26 bits per heavy atom. The Bertz CT molecular complexity index is 643. The Balaban J connectivity index is 2.25. The minimum atomic E-state index is -0.203. The molecule has 5 heteroatoms. The van der Waals surface area contributed by atoms with E-state index in [9.17, 15) is 4.79 Å². The summed E-state index contributed by atoms with van der Waals surface area (Å²) in [7, 11) is 0. The highest BCUT2D eigenvalue weighted by atomic mass is 79.9.